The van der Waals surface area contributed by atoms with Gasteiger partial charge in [-0.25, -0.2) is 0 Å². The Morgan fingerprint density at radius 1 is 0.650 bits per heavy atom. The molecule has 0 N–H and O–H groups in total. The van der Waals surface area contributed by atoms with Crippen LogP contribution >= 0.6 is 0 Å². The van der Waals surface area contributed by atoms with Crippen LogP contribution in [0.25, 0.3) is 0 Å². The second-order valence-corrected chi connectivity index (χ2v) is 5.16. The molecule has 2 aromatic carbocycles. The van der Waals surface area contributed by atoms with Crippen molar-refractivity contribution in [3.63, 3.8) is 0 Å². The minimum absolute atomic E-state index is 0.495. The van der Waals surface area contributed by atoms with E-state index in [2.05, 4.69) is 31.7 Å². The predicted octanol–water partition coefficient (Wildman–Crippen LogP) is 2.47. The molecular formula is C16H14Cr2O2. The van der Waals surface area contributed by atoms with Crippen LogP contribution in [-0.4, -0.2) is 22.3 Å². The summed E-state index contributed by atoms with van der Waals surface area (Å²) in [6.45, 7) is 0.991. The predicted molar refractivity (Wildman–Crippen MR) is 73.0 cm³/mol. The molecule has 0 amide bonds. The van der Waals surface area contributed by atoms with E-state index in [1.54, 1.807) is 0 Å². The van der Waals surface area contributed by atoms with Crippen molar-refractivity contribution in [2.75, 3.05) is 13.2 Å². The van der Waals surface area contributed by atoms with Crippen LogP contribution in [0.5, 0.6) is 0 Å². The number of rotatable bonds is 7. The van der Waals surface area contributed by atoms with Gasteiger partial charge in [-0.15, -0.1) is 0 Å². The Kier molecular flexibility index (Phi) is 6.57. The zero-order valence-corrected chi connectivity index (χ0v) is 13.4. The molecule has 2 aromatic rings. The van der Waals surface area contributed by atoms with E-state index in [9.17, 15) is 0 Å². The first-order valence-electron chi connectivity index (χ1n) is 6.22. The van der Waals surface area contributed by atoms with Crippen molar-refractivity contribution in [2.45, 2.75) is 0 Å². The van der Waals surface area contributed by atoms with Crippen molar-refractivity contribution in [1.82, 2.24) is 0 Å². The molecule has 102 valence electrons. The van der Waals surface area contributed by atoms with Gasteiger partial charge in [-0.1, -0.05) is 0 Å². The molecule has 0 bridgehead atoms. The van der Waals surface area contributed by atoms with Crippen LogP contribution in [-0.2, 0) is 41.2 Å². The van der Waals surface area contributed by atoms with E-state index >= 15 is 0 Å². The molecule has 0 atom stereocenters. The van der Waals surface area contributed by atoms with E-state index in [1.807, 2.05) is 60.7 Å². The fourth-order valence-corrected chi connectivity index (χ4v) is 2.27. The number of hydrogen-bond acceptors (Lipinski definition) is 2. The quantitative estimate of drug-likeness (QED) is 0.720. The average Bonchev–Trinajstić information content (AvgIpc) is 2.53. The minimum atomic E-state index is 0.495. The van der Waals surface area contributed by atoms with Gasteiger partial charge in [0.05, 0.1) is 0 Å². The summed E-state index contributed by atoms with van der Waals surface area (Å²) in [6.07, 6.45) is 0. The number of benzene rings is 2. The standard InChI is InChI=1S/C16H14O2.2Cr/c1-3-7-15(8-4-1)13-17-11-12-18-14-16-9-5-2-6-10-16;;/h1-10H,11-12H2;;. The summed E-state index contributed by atoms with van der Waals surface area (Å²) in [5.41, 5.74) is 2.09. The molecule has 0 unspecified atom stereocenters. The van der Waals surface area contributed by atoms with Gasteiger partial charge in [-0.3, -0.25) is 0 Å². The van der Waals surface area contributed by atoms with E-state index in [-0.39, 0.29) is 0 Å². The monoisotopic (exact) mass is 342 g/mol. The Morgan fingerprint density at radius 3 is 1.35 bits per heavy atom. The third kappa shape index (κ3) is 4.93. The molecule has 0 aliphatic heterocycles. The van der Waals surface area contributed by atoms with Gasteiger partial charge < -0.3 is 0 Å². The molecule has 0 spiro atoms. The van der Waals surface area contributed by atoms with Crippen molar-refractivity contribution in [2.24, 2.45) is 0 Å². The van der Waals surface area contributed by atoms with Crippen molar-refractivity contribution in [3.8, 4) is 0 Å². The molecule has 0 heterocycles. The van der Waals surface area contributed by atoms with E-state index in [4.69, 9.17) is 9.47 Å². The van der Waals surface area contributed by atoms with Crippen molar-refractivity contribution in [3.05, 3.63) is 71.8 Å². The van der Waals surface area contributed by atoms with Crippen molar-refractivity contribution in [1.29, 1.82) is 0 Å². The molecule has 0 saturated carbocycles. The summed E-state index contributed by atoms with van der Waals surface area (Å²) in [7, 11) is 0. The first-order chi connectivity index (χ1) is 9.77. The summed E-state index contributed by atoms with van der Waals surface area (Å²) in [5, 5.41) is 0. The van der Waals surface area contributed by atoms with E-state index in [0.717, 1.165) is 20.3 Å². The van der Waals surface area contributed by atoms with Crippen LogP contribution in [0.3, 0.4) is 0 Å². The van der Waals surface area contributed by atoms with E-state index in [0.29, 0.717) is 13.2 Å². The van der Waals surface area contributed by atoms with Crippen LogP contribution in [0.15, 0.2) is 60.7 Å². The molecule has 0 saturated heterocycles. The summed E-state index contributed by atoms with van der Waals surface area (Å²) in [4.78, 5) is 0. The molecule has 0 fully saturated rings. The second kappa shape index (κ2) is 8.45. The van der Waals surface area contributed by atoms with Gasteiger partial charge in [0.15, 0.2) is 0 Å². The molecule has 0 aromatic heterocycles. The Bertz CT molecular complexity index is 514. The zero-order chi connectivity index (χ0) is 14.2. The van der Waals surface area contributed by atoms with Crippen molar-refractivity contribution >= 4 is 9.13 Å². The second-order valence-electron chi connectivity index (χ2n) is 4.00. The van der Waals surface area contributed by atoms with Gasteiger partial charge in [0.1, 0.15) is 0 Å². The third-order valence-electron chi connectivity index (χ3n) is 2.57. The molecule has 2 nitrogen and oxygen atoms in total. The summed E-state index contributed by atoms with van der Waals surface area (Å²) >= 11 is 5.87. The zero-order valence-electron chi connectivity index (χ0n) is 10.8. The molecule has 20 heavy (non-hydrogen) atoms. The van der Waals surface area contributed by atoms with Crippen LogP contribution < -0.4 is 0 Å². The molecular weight excluding hydrogens is 328 g/mol. The Hall–Kier alpha value is -0.835. The van der Waals surface area contributed by atoms with Gasteiger partial charge in [-0.2, -0.15) is 0 Å². The number of hydrogen-bond donors (Lipinski definition) is 0. The fourth-order valence-electron chi connectivity index (χ4n) is 1.58. The van der Waals surface area contributed by atoms with Gasteiger partial charge >= 0.3 is 135 Å². The van der Waals surface area contributed by atoms with Gasteiger partial charge in [0.2, 0.25) is 0 Å². The Balaban J connectivity index is 1.72. The van der Waals surface area contributed by atoms with Crippen LogP contribution in [0.1, 0.15) is 11.1 Å². The van der Waals surface area contributed by atoms with E-state index < -0.39 is 0 Å². The van der Waals surface area contributed by atoms with E-state index in [1.165, 1.54) is 0 Å². The van der Waals surface area contributed by atoms with Crippen LogP contribution in [0.2, 0.25) is 0 Å². The molecule has 2 rings (SSSR count). The topological polar surface area (TPSA) is 18.5 Å². The molecule has 0 aliphatic rings. The fraction of sp³-hybridized carbons (Fsp3) is 0.125. The molecule has 0 radical (unpaired) electrons. The Morgan fingerprint density at radius 2 is 1.00 bits per heavy atom. The first kappa shape index (κ1) is 15.6. The first-order valence-corrected chi connectivity index (χ1v) is 7.49. The maximum absolute atomic E-state index is 5.62. The van der Waals surface area contributed by atoms with Crippen LogP contribution in [0, 0.1) is 0 Å². The maximum atomic E-state index is 5.62. The van der Waals surface area contributed by atoms with Crippen LogP contribution in [0.4, 0.5) is 0 Å². The SMILES string of the molecule is [Cr]=[C](OCCO[C](=[Cr])c1ccccc1)c1ccccc1. The van der Waals surface area contributed by atoms with Gasteiger partial charge in [0, 0.05) is 0 Å². The third-order valence-corrected chi connectivity index (χ3v) is 3.67. The summed E-state index contributed by atoms with van der Waals surface area (Å²) in [5.74, 6) is 0. The summed E-state index contributed by atoms with van der Waals surface area (Å²) < 4.78 is 12.8. The summed E-state index contributed by atoms with van der Waals surface area (Å²) in [6, 6.07) is 19.9. The normalized spacial score (nSPS) is 10.2. The van der Waals surface area contributed by atoms with Gasteiger partial charge in [0.25, 0.3) is 0 Å². The van der Waals surface area contributed by atoms with Crippen molar-refractivity contribution < 1.29 is 41.2 Å². The van der Waals surface area contributed by atoms with Gasteiger partial charge in [-0.05, 0) is 0 Å². The molecule has 0 aliphatic carbocycles. The average molecular weight is 342 g/mol. The Labute approximate surface area is 135 Å². The number of ether oxygens (including phenoxy) is 2. The molecule has 4 heteroatoms.